The van der Waals surface area contributed by atoms with Crippen molar-refractivity contribution >= 4 is 27.4 Å². The van der Waals surface area contributed by atoms with Crippen LogP contribution in [0.15, 0.2) is 48.5 Å². The SMILES string of the molecule is COc1ccccc1Nc1cccc([C@]2(C)CS(=O)(=O)N(C)C(=N)N2)c1. The zero-order chi connectivity index (χ0) is 18.9. The molecule has 0 unspecified atom stereocenters. The molecule has 138 valence electrons. The minimum Gasteiger partial charge on any atom is -0.495 e. The topological polar surface area (TPSA) is 94.5 Å². The minimum atomic E-state index is -3.54. The van der Waals surface area contributed by atoms with Crippen LogP contribution in [0.25, 0.3) is 0 Å². The van der Waals surface area contributed by atoms with Crippen LogP contribution in [0, 0.1) is 5.41 Å². The molecule has 1 atom stereocenters. The molecule has 0 saturated carbocycles. The van der Waals surface area contributed by atoms with E-state index in [1.54, 1.807) is 14.0 Å². The Morgan fingerprint density at radius 3 is 2.65 bits per heavy atom. The maximum atomic E-state index is 12.4. The molecule has 1 aliphatic heterocycles. The molecule has 2 aromatic rings. The monoisotopic (exact) mass is 374 g/mol. The third kappa shape index (κ3) is 3.32. The second-order valence-corrected chi connectivity index (χ2v) is 8.44. The van der Waals surface area contributed by atoms with Gasteiger partial charge in [0.15, 0.2) is 0 Å². The summed E-state index contributed by atoms with van der Waals surface area (Å²) in [6.07, 6.45) is 0. The van der Waals surface area contributed by atoms with Gasteiger partial charge in [-0.1, -0.05) is 24.3 Å². The Kier molecular flexibility index (Phi) is 4.53. The molecule has 26 heavy (non-hydrogen) atoms. The predicted octanol–water partition coefficient (Wildman–Crippen LogP) is 2.45. The largest absolute Gasteiger partial charge is 0.495 e. The van der Waals surface area contributed by atoms with Gasteiger partial charge in [0.25, 0.3) is 0 Å². The molecule has 1 heterocycles. The molecule has 8 heteroatoms. The minimum absolute atomic E-state index is 0.128. The maximum absolute atomic E-state index is 12.4. The van der Waals surface area contributed by atoms with Crippen molar-refractivity contribution in [2.24, 2.45) is 0 Å². The van der Waals surface area contributed by atoms with Crippen LogP contribution in [-0.4, -0.2) is 38.6 Å². The molecule has 0 bridgehead atoms. The predicted molar refractivity (Wildman–Crippen MR) is 102 cm³/mol. The quantitative estimate of drug-likeness (QED) is 0.764. The van der Waals surface area contributed by atoms with E-state index in [0.29, 0.717) is 5.75 Å². The Hall–Kier alpha value is -2.74. The van der Waals surface area contributed by atoms with Gasteiger partial charge in [0.05, 0.1) is 24.1 Å². The normalized spacial score (nSPS) is 21.8. The van der Waals surface area contributed by atoms with Gasteiger partial charge in [0.2, 0.25) is 16.0 Å². The zero-order valence-corrected chi connectivity index (χ0v) is 15.7. The van der Waals surface area contributed by atoms with E-state index in [-0.39, 0.29) is 11.7 Å². The van der Waals surface area contributed by atoms with Crippen LogP contribution < -0.4 is 15.4 Å². The third-order valence-corrected chi connectivity index (χ3v) is 6.44. The average Bonchev–Trinajstić information content (AvgIpc) is 2.60. The first-order chi connectivity index (χ1) is 12.2. The van der Waals surface area contributed by atoms with E-state index >= 15 is 0 Å². The molecule has 2 aromatic carbocycles. The summed E-state index contributed by atoms with van der Waals surface area (Å²) >= 11 is 0. The molecule has 3 N–H and O–H groups in total. The average molecular weight is 374 g/mol. The van der Waals surface area contributed by atoms with E-state index in [9.17, 15) is 8.42 Å². The standard InChI is InChI=1S/C18H22N4O3S/c1-18(12-26(23,24)22(2)17(19)21-18)13-7-6-8-14(11-13)20-15-9-4-5-10-16(15)25-3/h4-11,20H,12H2,1-3H3,(H2,19,21)/t18-/m0/s1. The van der Waals surface area contributed by atoms with Gasteiger partial charge >= 0.3 is 0 Å². The van der Waals surface area contributed by atoms with E-state index in [2.05, 4.69) is 10.6 Å². The van der Waals surface area contributed by atoms with Gasteiger partial charge in [-0.3, -0.25) is 5.41 Å². The number of nitrogens with zero attached hydrogens (tertiary/aromatic N) is 1. The third-order valence-electron chi connectivity index (χ3n) is 4.48. The van der Waals surface area contributed by atoms with Gasteiger partial charge in [0, 0.05) is 12.7 Å². The molecule has 0 radical (unpaired) electrons. The molecule has 0 amide bonds. The van der Waals surface area contributed by atoms with Crippen LogP contribution in [0.1, 0.15) is 12.5 Å². The number of benzene rings is 2. The van der Waals surface area contributed by atoms with Gasteiger partial charge in [-0.2, -0.15) is 0 Å². The first-order valence-corrected chi connectivity index (χ1v) is 9.70. The van der Waals surface area contributed by atoms with Crippen LogP contribution in [0.5, 0.6) is 5.75 Å². The van der Waals surface area contributed by atoms with E-state index in [0.717, 1.165) is 21.2 Å². The molecule has 0 aromatic heterocycles. The summed E-state index contributed by atoms with van der Waals surface area (Å²) in [5.41, 5.74) is 1.51. The highest BCUT2D eigenvalue weighted by molar-refractivity contribution is 7.89. The van der Waals surface area contributed by atoms with Crippen molar-refractivity contribution in [3.63, 3.8) is 0 Å². The summed E-state index contributed by atoms with van der Waals surface area (Å²) in [7, 11) is -0.556. The van der Waals surface area contributed by atoms with E-state index < -0.39 is 15.6 Å². The smallest absolute Gasteiger partial charge is 0.239 e. The van der Waals surface area contributed by atoms with Crippen LogP contribution >= 0.6 is 0 Å². The van der Waals surface area contributed by atoms with Crippen molar-refractivity contribution in [2.45, 2.75) is 12.5 Å². The van der Waals surface area contributed by atoms with Crippen molar-refractivity contribution in [2.75, 3.05) is 25.2 Å². The van der Waals surface area contributed by atoms with Crippen molar-refractivity contribution in [1.82, 2.24) is 9.62 Å². The summed E-state index contributed by atoms with van der Waals surface area (Å²) in [6.45, 7) is 1.79. The van der Waals surface area contributed by atoms with Crippen LogP contribution in [0.3, 0.4) is 0 Å². The molecule has 0 aliphatic carbocycles. The zero-order valence-electron chi connectivity index (χ0n) is 14.9. The highest BCUT2D eigenvalue weighted by Gasteiger charge is 2.41. The number of anilines is 2. The summed E-state index contributed by atoms with van der Waals surface area (Å²) in [5.74, 6) is 0.449. The van der Waals surface area contributed by atoms with Crippen LogP contribution in [0.4, 0.5) is 11.4 Å². The molecule has 0 spiro atoms. The number of rotatable bonds is 4. The van der Waals surface area contributed by atoms with Crippen molar-refractivity contribution < 1.29 is 13.2 Å². The Labute approximate surface area is 153 Å². The second kappa shape index (κ2) is 6.53. The van der Waals surface area contributed by atoms with Crippen LogP contribution in [-0.2, 0) is 15.6 Å². The van der Waals surface area contributed by atoms with Gasteiger partial charge in [-0.15, -0.1) is 0 Å². The fourth-order valence-corrected chi connectivity index (χ4v) is 4.46. The molecule has 1 fully saturated rings. The molecule has 3 rings (SSSR count). The lowest BCUT2D eigenvalue weighted by Gasteiger charge is -2.40. The Balaban J connectivity index is 1.93. The molecular formula is C18H22N4O3S. The summed E-state index contributed by atoms with van der Waals surface area (Å²) in [4.78, 5) is 0. The Morgan fingerprint density at radius 1 is 1.23 bits per heavy atom. The number of ether oxygens (including phenoxy) is 1. The van der Waals surface area contributed by atoms with Gasteiger partial charge in [-0.25, -0.2) is 12.7 Å². The Bertz CT molecular complexity index is 945. The van der Waals surface area contributed by atoms with E-state index in [1.807, 2.05) is 48.5 Å². The first-order valence-electron chi connectivity index (χ1n) is 8.09. The van der Waals surface area contributed by atoms with Crippen molar-refractivity contribution in [3.05, 3.63) is 54.1 Å². The first kappa shape index (κ1) is 18.1. The molecule has 1 saturated heterocycles. The number of nitrogens with one attached hydrogen (secondary N) is 3. The lowest BCUT2D eigenvalue weighted by molar-refractivity contribution is 0.417. The molecule has 7 nitrogen and oxygen atoms in total. The van der Waals surface area contributed by atoms with E-state index in [1.165, 1.54) is 7.05 Å². The Morgan fingerprint density at radius 2 is 1.96 bits per heavy atom. The van der Waals surface area contributed by atoms with Gasteiger partial charge < -0.3 is 15.4 Å². The van der Waals surface area contributed by atoms with Crippen LogP contribution in [0.2, 0.25) is 0 Å². The maximum Gasteiger partial charge on any atom is 0.239 e. The lowest BCUT2D eigenvalue weighted by atomic mass is 9.93. The number of hydrogen-bond donors (Lipinski definition) is 3. The number of guanidine groups is 1. The number of hydrogen-bond acceptors (Lipinski definition) is 5. The number of methoxy groups -OCH3 is 1. The lowest BCUT2D eigenvalue weighted by Crippen LogP contribution is -2.60. The van der Waals surface area contributed by atoms with Crippen molar-refractivity contribution in [3.8, 4) is 5.75 Å². The number of para-hydroxylation sites is 2. The highest BCUT2D eigenvalue weighted by Crippen LogP contribution is 2.32. The fraction of sp³-hybridized carbons (Fsp3) is 0.278. The fourth-order valence-electron chi connectivity index (χ4n) is 2.98. The molecule has 1 aliphatic rings. The highest BCUT2D eigenvalue weighted by atomic mass is 32.2. The van der Waals surface area contributed by atoms with Gasteiger partial charge in [-0.05, 0) is 36.8 Å². The molecular weight excluding hydrogens is 352 g/mol. The number of sulfonamides is 1. The van der Waals surface area contributed by atoms with Gasteiger partial charge in [0.1, 0.15) is 5.75 Å². The second-order valence-electron chi connectivity index (χ2n) is 6.44. The summed E-state index contributed by atoms with van der Waals surface area (Å²) in [5, 5.41) is 14.2. The van der Waals surface area contributed by atoms with Crippen molar-refractivity contribution in [1.29, 1.82) is 5.41 Å². The summed E-state index contributed by atoms with van der Waals surface area (Å²) in [6, 6.07) is 15.1. The van der Waals surface area contributed by atoms with E-state index in [4.69, 9.17) is 10.1 Å². The summed E-state index contributed by atoms with van der Waals surface area (Å²) < 4.78 is 31.0.